The summed E-state index contributed by atoms with van der Waals surface area (Å²) in [5, 5.41) is 4.63. The lowest BCUT2D eigenvalue weighted by atomic mass is 10.2. The van der Waals surface area contributed by atoms with Crippen molar-refractivity contribution >= 4 is 34.6 Å². The van der Waals surface area contributed by atoms with Crippen molar-refractivity contribution in [1.82, 2.24) is 4.90 Å². The van der Waals surface area contributed by atoms with E-state index in [4.69, 9.17) is 23.8 Å². The van der Waals surface area contributed by atoms with Crippen LogP contribution in [0.1, 0.15) is 5.56 Å². The molecule has 2 aromatic carbocycles. The Kier molecular flexibility index (Phi) is 4.77. The van der Waals surface area contributed by atoms with Gasteiger partial charge in [0.25, 0.3) is 0 Å². The Balaban J connectivity index is 1.98. The van der Waals surface area contributed by atoms with Crippen LogP contribution in [-0.2, 0) is 6.54 Å². The fourth-order valence-corrected chi connectivity index (χ4v) is 2.07. The van der Waals surface area contributed by atoms with Crippen LogP contribution in [0.25, 0.3) is 0 Å². The highest BCUT2D eigenvalue weighted by molar-refractivity contribution is 7.80. The molecular weight excluding hydrogens is 276 g/mol. The van der Waals surface area contributed by atoms with Crippen LogP contribution in [0.3, 0.4) is 0 Å². The SMILES string of the molecule is CN(Cc1ccccc1Cl)C(=S)Nc1ccccc1. The van der Waals surface area contributed by atoms with Crippen LogP contribution in [0.2, 0.25) is 5.02 Å². The third kappa shape index (κ3) is 3.94. The van der Waals surface area contributed by atoms with E-state index in [0.717, 1.165) is 16.3 Å². The molecule has 0 unspecified atom stereocenters. The summed E-state index contributed by atoms with van der Waals surface area (Å²) in [7, 11) is 1.95. The molecule has 4 heteroatoms. The van der Waals surface area contributed by atoms with Crippen molar-refractivity contribution in [2.75, 3.05) is 12.4 Å². The lowest BCUT2D eigenvalue weighted by Crippen LogP contribution is -2.30. The topological polar surface area (TPSA) is 15.3 Å². The second-order valence-corrected chi connectivity index (χ2v) is 5.04. The minimum absolute atomic E-state index is 0.672. The summed E-state index contributed by atoms with van der Waals surface area (Å²) in [6.07, 6.45) is 0. The lowest BCUT2D eigenvalue weighted by molar-refractivity contribution is 0.508. The average Bonchev–Trinajstić information content (AvgIpc) is 2.42. The van der Waals surface area contributed by atoms with Gasteiger partial charge in [-0.3, -0.25) is 0 Å². The summed E-state index contributed by atoms with van der Waals surface area (Å²) in [5.74, 6) is 0. The van der Waals surface area contributed by atoms with Crippen molar-refractivity contribution < 1.29 is 0 Å². The van der Waals surface area contributed by atoms with E-state index in [1.807, 2.05) is 66.5 Å². The Morgan fingerprint density at radius 2 is 1.74 bits per heavy atom. The van der Waals surface area contributed by atoms with Crippen molar-refractivity contribution in [2.24, 2.45) is 0 Å². The van der Waals surface area contributed by atoms with E-state index in [9.17, 15) is 0 Å². The second-order valence-electron chi connectivity index (χ2n) is 4.24. The van der Waals surface area contributed by atoms with Crippen LogP contribution < -0.4 is 5.32 Å². The standard InChI is InChI=1S/C15H15ClN2S/c1-18(11-12-7-5-6-10-14(12)16)15(19)17-13-8-3-2-4-9-13/h2-10H,11H2,1H3,(H,17,19). The maximum absolute atomic E-state index is 6.14. The van der Waals surface area contributed by atoms with E-state index in [-0.39, 0.29) is 0 Å². The number of halogens is 1. The van der Waals surface area contributed by atoms with Crippen LogP contribution in [0.5, 0.6) is 0 Å². The van der Waals surface area contributed by atoms with Gasteiger partial charge in [0.15, 0.2) is 5.11 Å². The summed E-state index contributed by atoms with van der Waals surface area (Å²) >= 11 is 11.5. The number of nitrogens with one attached hydrogen (secondary N) is 1. The van der Waals surface area contributed by atoms with E-state index >= 15 is 0 Å². The number of nitrogens with zero attached hydrogens (tertiary/aromatic N) is 1. The van der Waals surface area contributed by atoms with E-state index in [2.05, 4.69) is 5.32 Å². The van der Waals surface area contributed by atoms with E-state index in [1.165, 1.54) is 0 Å². The van der Waals surface area contributed by atoms with Crippen LogP contribution in [0, 0.1) is 0 Å². The predicted molar refractivity (Wildman–Crippen MR) is 85.6 cm³/mol. The van der Waals surface area contributed by atoms with E-state index in [1.54, 1.807) is 0 Å². The van der Waals surface area contributed by atoms with Crippen LogP contribution in [0.15, 0.2) is 54.6 Å². The zero-order valence-electron chi connectivity index (χ0n) is 10.6. The molecule has 0 atom stereocenters. The van der Waals surface area contributed by atoms with Gasteiger partial charge in [-0.1, -0.05) is 48.0 Å². The summed E-state index contributed by atoms with van der Waals surface area (Å²) in [5.41, 5.74) is 2.04. The van der Waals surface area contributed by atoms with Crippen LogP contribution in [0.4, 0.5) is 5.69 Å². The molecule has 0 aliphatic carbocycles. The molecule has 19 heavy (non-hydrogen) atoms. The first-order valence-electron chi connectivity index (χ1n) is 5.97. The minimum atomic E-state index is 0.672. The van der Waals surface area contributed by atoms with Crippen LogP contribution >= 0.6 is 23.8 Å². The molecule has 0 bridgehead atoms. The molecule has 0 heterocycles. The third-order valence-corrected chi connectivity index (χ3v) is 3.52. The molecule has 2 aromatic rings. The molecule has 0 aliphatic heterocycles. The highest BCUT2D eigenvalue weighted by Gasteiger charge is 2.07. The number of hydrogen-bond donors (Lipinski definition) is 1. The normalized spacial score (nSPS) is 10.0. The van der Waals surface area contributed by atoms with Gasteiger partial charge in [0, 0.05) is 24.3 Å². The van der Waals surface area contributed by atoms with Gasteiger partial charge in [0.1, 0.15) is 0 Å². The Morgan fingerprint density at radius 3 is 2.42 bits per heavy atom. The van der Waals surface area contributed by atoms with E-state index in [0.29, 0.717) is 11.7 Å². The molecule has 2 rings (SSSR count). The molecule has 0 amide bonds. The molecule has 0 aliphatic rings. The van der Waals surface area contributed by atoms with Crippen molar-refractivity contribution in [3.05, 3.63) is 65.2 Å². The predicted octanol–water partition coefficient (Wildman–Crippen LogP) is 4.17. The molecule has 0 radical (unpaired) electrons. The molecule has 0 aromatic heterocycles. The number of para-hydroxylation sites is 1. The smallest absolute Gasteiger partial charge is 0.173 e. The molecule has 0 fully saturated rings. The number of anilines is 1. The van der Waals surface area contributed by atoms with E-state index < -0.39 is 0 Å². The molecule has 0 spiro atoms. The van der Waals surface area contributed by atoms with Gasteiger partial charge in [0.2, 0.25) is 0 Å². The number of thiocarbonyl (C=S) groups is 1. The largest absolute Gasteiger partial charge is 0.348 e. The Hall–Kier alpha value is -1.58. The first-order chi connectivity index (χ1) is 9.16. The summed E-state index contributed by atoms with van der Waals surface area (Å²) in [6, 6.07) is 17.7. The summed E-state index contributed by atoms with van der Waals surface area (Å²) < 4.78 is 0. The summed E-state index contributed by atoms with van der Waals surface area (Å²) in [6.45, 7) is 0.679. The Labute approximate surface area is 124 Å². The molecule has 1 N–H and O–H groups in total. The van der Waals surface area contributed by atoms with Crippen molar-refractivity contribution in [1.29, 1.82) is 0 Å². The third-order valence-electron chi connectivity index (χ3n) is 2.74. The van der Waals surface area contributed by atoms with Gasteiger partial charge in [-0.25, -0.2) is 0 Å². The van der Waals surface area contributed by atoms with Gasteiger partial charge < -0.3 is 10.2 Å². The van der Waals surface area contributed by atoms with Crippen LogP contribution in [-0.4, -0.2) is 17.1 Å². The van der Waals surface area contributed by atoms with Gasteiger partial charge in [-0.05, 0) is 36.0 Å². The Bertz CT molecular complexity index is 557. The maximum Gasteiger partial charge on any atom is 0.173 e. The lowest BCUT2D eigenvalue weighted by Gasteiger charge is -2.21. The maximum atomic E-state index is 6.14. The number of hydrogen-bond acceptors (Lipinski definition) is 1. The fourth-order valence-electron chi connectivity index (χ4n) is 1.69. The minimum Gasteiger partial charge on any atom is -0.348 e. The fraction of sp³-hybridized carbons (Fsp3) is 0.133. The Morgan fingerprint density at radius 1 is 1.11 bits per heavy atom. The van der Waals surface area contributed by atoms with Gasteiger partial charge in [-0.2, -0.15) is 0 Å². The van der Waals surface area contributed by atoms with Crippen molar-refractivity contribution in [2.45, 2.75) is 6.54 Å². The number of benzene rings is 2. The quantitative estimate of drug-likeness (QED) is 0.854. The van der Waals surface area contributed by atoms with Gasteiger partial charge in [0.05, 0.1) is 0 Å². The molecule has 2 nitrogen and oxygen atoms in total. The highest BCUT2D eigenvalue weighted by Crippen LogP contribution is 2.17. The zero-order chi connectivity index (χ0) is 13.7. The molecule has 98 valence electrons. The average molecular weight is 291 g/mol. The number of rotatable bonds is 3. The van der Waals surface area contributed by atoms with Crippen molar-refractivity contribution in [3.8, 4) is 0 Å². The van der Waals surface area contributed by atoms with Gasteiger partial charge >= 0.3 is 0 Å². The second kappa shape index (κ2) is 6.55. The van der Waals surface area contributed by atoms with Gasteiger partial charge in [-0.15, -0.1) is 0 Å². The first-order valence-corrected chi connectivity index (χ1v) is 6.76. The highest BCUT2D eigenvalue weighted by atomic mass is 35.5. The molecule has 0 saturated carbocycles. The summed E-state index contributed by atoms with van der Waals surface area (Å²) in [4.78, 5) is 1.96. The monoisotopic (exact) mass is 290 g/mol. The van der Waals surface area contributed by atoms with Crippen molar-refractivity contribution in [3.63, 3.8) is 0 Å². The molecular formula is C15H15ClN2S. The molecule has 0 saturated heterocycles. The zero-order valence-corrected chi connectivity index (χ0v) is 12.2. The first kappa shape index (κ1) is 13.8.